The van der Waals surface area contributed by atoms with E-state index < -0.39 is 0 Å². The number of aromatic nitrogens is 1. The van der Waals surface area contributed by atoms with Crippen molar-refractivity contribution in [3.8, 4) is 0 Å². The van der Waals surface area contributed by atoms with Crippen LogP contribution in [0, 0.1) is 5.82 Å². The van der Waals surface area contributed by atoms with Gasteiger partial charge in [0.1, 0.15) is 5.82 Å². The van der Waals surface area contributed by atoms with Crippen molar-refractivity contribution in [1.82, 2.24) is 4.57 Å². The van der Waals surface area contributed by atoms with Gasteiger partial charge in [-0.15, -0.1) is 0 Å². The van der Waals surface area contributed by atoms with Gasteiger partial charge in [-0.3, -0.25) is 4.79 Å². The maximum atomic E-state index is 13.3. The molecule has 0 saturated carbocycles. The molecule has 5 heteroatoms. The highest BCUT2D eigenvalue weighted by atomic mass is 35.5. The number of hydrogen-bond donors (Lipinski definition) is 0. The minimum absolute atomic E-state index is 0.0916. The Kier molecular flexibility index (Phi) is 3.70. The predicted molar refractivity (Wildman–Crippen MR) is 82.7 cm³/mol. The molecule has 0 unspecified atom stereocenters. The van der Waals surface area contributed by atoms with Crippen LogP contribution >= 0.6 is 23.2 Å². The van der Waals surface area contributed by atoms with Gasteiger partial charge in [0, 0.05) is 16.8 Å². The number of fused-ring (bicyclic) bond motifs is 1. The van der Waals surface area contributed by atoms with Crippen molar-refractivity contribution >= 4 is 39.9 Å². The van der Waals surface area contributed by atoms with Crippen molar-refractivity contribution in [1.29, 1.82) is 0 Å². The van der Waals surface area contributed by atoms with E-state index in [-0.39, 0.29) is 18.1 Å². The van der Waals surface area contributed by atoms with E-state index in [0.717, 1.165) is 5.39 Å². The summed E-state index contributed by atoms with van der Waals surface area (Å²) >= 11 is 11.9. The highest BCUT2D eigenvalue weighted by Gasteiger charge is 2.13. The van der Waals surface area contributed by atoms with Crippen LogP contribution in [0.3, 0.4) is 0 Å². The highest BCUT2D eigenvalue weighted by Crippen LogP contribution is 2.23. The van der Waals surface area contributed by atoms with Crippen molar-refractivity contribution in [2.75, 3.05) is 0 Å². The second-order valence-corrected chi connectivity index (χ2v) is 5.54. The Balaban J connectivity index is 1.94. The molecular weight excluding hydrogens is 312 g/mol. The van der Waals surface area contributed by atoms with Gasteiger partial charge in [0.05, 0.1) is 17.1 Å². The van der Waals surface area contributed by atoms with Crippen LogP contribution in [0.4, 0.5) is 4.39 Å². The lowest BCUT2D eigenvalue weighted by Crippen LogP contribution is -2.10. The molecule has 21 heavy (non-hydrogen) atoms. The Labute approximate surface area is 130 Å². The quantitative estimate of drug-likeness (QED) is 0.624. The summed E-state index contributed by atoms with van der Waals surface area (Å²) in [5.41, 5.74) is 1.08. The van der Waals surface area contributed by atoms with Crippen molar-refractivity contribution in [2.24, 2.45) is 0 Å². The molecule has 0 fully saturated rings. The summed E-state index contributed by atoms with van der Waals surface area (Å²) in [6.07, 6.45) is 1.76. The Hall–Kier alpha value is -1.84. The van der Waals surface area contributed by atoms with Crippen LogP contribution in [0.1, 0.15) is 10.4 Å². The first kappa shape index (κ1) is 14.1. The fourth-order valence-electron chi connectivity index (χ4n) is 2.25. The number of carbonyl (C=O) groups excluding carboxylic acids is 1. The number of Topliss-reactive ketones (excluding diaryl/α,β-unsaturated/α-hetero) is 1. The first-order valence-electron chi connectivity index (χ1n) is 6.27. The van der Waals surface area contributed by atoms with Crippen LogP contribution in [0.5, 0.6) is 0 Å². The summed E-state index contributed by atoms with van der Waals surface area (Å²) in [5.74, 6) is -0.488. The zero-order chi connectivity index (χ0) is 15.0. The summed E-state index contributed by atoms with van der Waals surface area (Å²) < 4.78 is 15.0. The van der Waals surface area contributed by atoms with E-state index in [2.05, 4.69) is 0 Å². The third kappa shape index (κ3) is 2.80. The first-order chi connectivity index (χ1) is 10.0. The van der Waals surface area contributed by atoms with Crippen LogP contribution in [0.2, 0.25) is 10.0 Å². The average molecular weight is 322 g/mol. The van der Waals surface area contributed by atoms with Crippen molar-refractivity contribution in [3.05, 3.63) is 70.1 Å². The molecule has 0 atom stereocenters. The standard InChI is InChI=1S/C16H10Cl2FNO/c17-11-2-4-13(14(18)7-11)16(21)9-20-6-5-10-1-3-12(19)8-15(10)20/h1-8H,9H2. The maximum Gasteiger partial charge on any atom is 0.183 e. The monoisotopic (exact) mass is 321 g/mol. The van der Waals surface area contributed by atoms with Crippen LogP contribution in [-0.2, 0) is 6.54 Å². The molecule has 0 bridgehead atoms. The number of carbonyl (C=O) groups is 1. The normalized spacial score (nSPS) is 11.0. The topological polar surface area (TPSA) is 22.0 Å². The third-order valence-corrected chi connectivity index (χ3v) is 3.83. The van der Waals surface area contributed by atoms with E-state index >= 15 is 0 Å². The second kappa shape index (κ2) is 5.51. The molecule has 3 aromatic rings. The number of benzene rings is 2. The molecule has 2 nitrogen and oxygen atoms in total. The molecule has 1 aromatic heterocycles. The van der Waals surface area contributed by atoms with Crippen LogP contribution in [0.15, 0.2) is 48.7 Å². The Morgan fingerprint density at radius 1 is 1.10 bits per heavy atom. The number of halogens is 3. The fraction of sp³-hybridized carbons (Fsp3) is 0.0625. The number of rotatable bonds is 3. The molecule has 0 saturated heterocycles. The van der Waals surface area contributed by atoms with E-state index in [1.165, 1.54) is 18.2 Å². The summed E-state index contributed by atoms with van der Waals surface area (Å²) in [6.45, 7) is 0.0916. The molecule has 106 valence electrons. The molecule has 0 aliphatic rings. The summed E-state index contributed by atoms with van der Waals surface area (Å²) in [5, 5.41) is 1.67. The second-order valence-electron chi connectivity index (χ2n) is 4.69. The molecule has 0 spiro atoms. The molecule has 0 N–H and O–H groups in total. The molecule has 2 aromatic carbocycles. The van der Waals surface area contributed by atoms with Crippen LogP contribution in [0.25, 0.3) is 10.9 Å². The number of hydrogen-bond acceptors (Lipinski definition) is 1. The Morgan fingerprint density at radius 2 is 1.90 bits per heavy atom. The van der Waals surface area contributed by atoms with E-state index in [4.69, 9.17) is 23.2 Å². The minimum Gasteiger partial charge on any atom is -0.340 e. The van der Waals surface area contributed by atoms with Crippen molar-refractivity contribution < 1.29 is 9.18 Å². The zero-order valence-corrected chi connectivity index (χ0v) is 12.3. The smallest absolute Gasteiger partial charge is 0.183 e. The molecule has 3 rings (SSSR count). The molecule has 0 amide bonds. The fourth-order valence-corrected chi connectivity index (χ4v) is 2.76. The first-order valence-corrected chi connectivity index (χ1v) is 7.03. The zero-order valence-electron chi connectivity index (χ0n) is 10.8. The molecule has 0 aliphatic heterocycles. The SMILES string of the molecule is O=C(Cn1ccc2ccc(F)cc21)c1ccc(Cl)cc1Cl. The van der Waals surface area contributed by atoms with Gasteiger partial charge in [-0.25, -0.2) is 4.39 Å². The molecule has 1 heterocycles. The predicted octanol–water partition coefficient (Wildman–Crippen LogP) is 4.97. The molecule has 0 aliphatic carbocycles. The number of ketones is 1. The summed E-state index contributed by atoms with van der Waals surface area (Å²) in [6, 6.07) is 11.1. The van der Waals surface area contributed by atoms with Gasteiger partial charge in [0.2, 0.25) is 0 Å². The highest BCUT2D eigenvalue weighted by molar-refractivity contribution is 6.36. The van der Waals surface area contributed by atoms with E-state index in [1.807, 2.05) is 6.07 Å². The van der Waals surface area contributed by atoms with Gasteiger partial charge in [0.15, 0.2) is 5.78 Å². The van der Waals surface area contributed by atoms with Gasteiger partial charge in [0.25, 0.3) is 0 Å². The lowest BCUT2D eigenvalue weighted by Gasteiger charge is -2.07. The Morgan fingerprint density at radius 3 is 2.67 bits per heavy atom. The largest absolute Gasteiger partial charge is 0.340 e. The van der Waals surface area contributed by atoms with Gasteiger partial charge >= 0.3 is 0 Å². The minimum atomic E-state index is -0.334. The van der Waals surface area contributed by atoms with Gasteiger partial charge in [-0.1, -0.05) is 23.2 Å². The lowest BCUT2D eigenvalue weighted by molar-refractivity contribution is 0.0973. The Bertz CT molecular complexity index is 841. The van der Waals surface area contributed by atoms with E-state index in [0.29, 0.717) is 21.1 Å². The van der Waals surface area contributed by atoms with E-state index in [1.54, 1.807) is 29.0 Å². The van der Waals surface area contributed by atoms with Gasteiger partial charge in [-0.05, 0) is 47.9 Å². The van der Waals surface area contributed by atoms with Gasteiger partial charge in [-0.2, -0.15) is 0 Å². The van der Waals surface area contributed by atoms with Crippen molar-refractivity contribution in [3.63, 3.8) is 0 Å². The van der Waals surface area contributed by atoms with Crippen LogP contribution < -0.4 is 0 Å². The molecular formula is C16H10Cl2FNO. The van der Waals surface area contributed by atoms with E-state index in [9.17, 15) is 9.18 Å². The maximum absolute atomic E-state index is 13.3. The molecule has 0 radical (unpaired) electrons. The third-order valence-electron chi connectivity index (χ3n) is 3.28. The lowest BCUT2D eigenvalue weighted by atomic mass is 10.1. The summed E-state index contributed by atoms with van der Waals surface area (Å²) in [4.78, 5) is 12.3. The van der Waals surface area contributed by atoms with Crippen molar-refractivity contribution in [2.45, 2.75) is 6.54 Å². The van der Waals surface area contributed by atoms with Crippen LogP contribution in [-0.4, -0.2) is 10.4 Å². The number of nitrogens with zero attached hydrogens (tertiary/aromatic N) is 1. The average Bonchev–Trinajstić information content (AvgIpc) is 2.81. The van der Waals surface area contributed by atoms with Gasteiger partial charge < -0.3 is 4.57 Å². The summed E-state index contributed by atoms with van der Waals surface area (Å²) in [7, 11) is 0.